The molecule has 2 aromatic rings. The van der Waals surface area contributed by atoms with Gasteiger partial charge in [0.2, 0.25) is 0 Å². The van der Waals surface area contributed by atoms with Gasteiger partial charge in [0.05, 0.1) is 10.0 Å². The zero-order valence-electron chi connectivity index (χ0n) is 10.3. The van der Waals surface area contributed by atoms with E-state index in [0.717, 1.165) is 11.1 Å². The topological polar surface area (TPSA) is 24.9 Å². The Kier molecular flexibility index (Phi) is 5.06. The fourth-order valence-electron chi connectivity index (χ4n) is 1.76. The molecule has 0 aliphatic heterocycles. The van der Waals surface area contributed by atoms with E-state index in [0.29, 0.717) is 21.6 Å². The SMILES string of the molecule is C[C@H](NCc1c(Cl)ccc(Cl)c1Cl)c1ccncc1. The highest BCUT2D eigenvalue weighted by atomic mass is 35.5. The molecule has 1 N–H and O–H groups in total. The number of hydrogen-bond acceptors (Lipinski definition) is 2. The lowest BCUT2D eigenvalue weighted by Crippen LogP contribution is -2.18. The molecule has 0 unspecified atom stereocenters. The summed E-state index contributed by atoms with van der Waals surface area (Å²) in [6.45, 7) is 2.63. The van der Waals surface area contributed by atoms with Crippen LogP contribution in [0.5, 0.6) is 0 Å². The molecule has 2 rings (SSSR count). The van der Waals surface area contributed by atoms with Crippen molar-refractivity contribution in [2.75, 3.05) is 0 Å². The summed E-state index contributed by atoms with van der Waals surface area (Å²) >= 11 is 18.3. The van der Waals surface area contributed by atoms with Gasteiger partial charge < -0.3 is 5.32 Å². The Hall–Kier alpha value is -0.800. The van der Waals surface area contributed by atoms with Gasteiger partial charge in [0.25, 0.3) is 0 Å². The third-order valence-electron chi connectivity index (χ3n) is 2.93. The lowest BCUT2D eigenvalue weighted by Gasteiger charge is -2.16. The van der Waals surface area contributed by atoms with Crippen molar-refractivity contribution >= 4 is 34.8 Å². The first kappa shape index (κ1) is 14.6. The molecule has 0 spiro atoms. The Morgan fingerprint density at radius 2 is 1.68 bits per heavy atom. The number of rotatable bonds is 4. The molecule has 1 atom stereocenters. The largest absolute Gasteiger partial charge is 0.306 e. The van der Waals surface area contributed by atoms with Crippen molar-refractivity contribution in [3.05, 3.63) is 62.9 Å². The smallest absolute Gasteiger partial charge is 0.0652 e. The molecule has 0 radical (unpaired) electrons. The summed E-state index contributed by atoms with van der Waals surface area (Å²) in [5.41, 5.74) is 1.97. The summed E-state index contributed by atoms with van der Waals surface area (Å²) in [6, 6.07) is 7.57. The number of aromatic nitrogens is 1. The van der Waals surface area contributed by atoms with E-state index in [4.69, 9.17) is 34.8 Å². The normalized spacial score (nSPS) is 12.4. The quantitative estimate of drug-likeness (QED) is 0.812. The summed E-state index contributed by atoms with van der Waals surface area (Å²) in [7, 11) is 0. The van der Waals surface area contributed by atoms with Crippen LogP contribution in [0.15, 0.2) is 36.7 Å². The van der Waals surface area contributed by atoms with E-state index in [2.05, 4.69) is 17.2 Å². The number of halogens is 3. The van der Waals surface area contributed by atoms with Crippen molar-refractivity contribution < 1.29 is 0 Å². The first-order valence-electron chi connectivity index (χ1n) is 5.85. The molecule has 100 valence electrons. The Morgan fingerprint density at radius 3 is 2.37 bits per heavy atom. The summed E-state index contributed by atoms with van der Waals surface area (Å²) in [6.07, 6.45) is 3.54. The van der Waals surface area contributed by atoms with Crippen LogP contribution in [-0.2, 0) is 6.54 Å². The van der Waals surface area contributed by atoms with Gasteiger partial charge in [-0.2, -0.15) is 0 Å². The summed E-state index contributed by atoms with van der Waals surface area (Å²) in [4.78, 5) is 4.00. The molecule has 1 aromatic carbocycles. The minimum Gasteiger partial charge on any atom is -0.306 e. The first-order chi connectivity index (χ1) is 9.09. The maximum Gasteiger partial charge on any atom is 0.0652 e. The van der Waals surface area contributed by atoms with Crippen molar-refractivity contribution in [2.24, 2.45) is 0 Å². The van der Waals surface area contributed by atoms with Crippen LogP contribution in [0.2, 0.25) is 15.1 Å². The Labute approximate surface area is 127 Å². The zero-order chi connectivity index (χ0) is 13.8. The molecule has 1 aromatic heterocycles. The number of hydrogen-bond donors (Lipinski definition) is 1. The fraction of sp³-hybridized carbons (Fsp3) is 0.214. The van der Waals surface area contributed by atoms with Crippen molar-refractivity contribution in [3.63, 3.8) is 0 Å². The highest BCUT2D eigenvalue weighted by Gasteiger charge is 2.11. The number of nitrogens with one attached hydrogen (secondary N) is 1. The van der Waals surface area contributed by atoms with E-state index in [-0.39, 0.29) is 6.04 Å². The van der Waals surface area contributed by atoms with E-state index in [9.17, 15) is 0 Å². The minimum absolute atomic E-state index is 0.175. The van der Waals surface area contributed by atoms with E-state index < -0.39 is 0 Å². The van der Waals surface area contributed by atoms with Crippen LogP contribution >= 0.6 is 34.8 Å². The van der Waals surface area contributed by atoms with Crippen LogP contribution in [0, 0.1) is 0 Å². The second kappa shape index (κ2) is 6.58. The summed E-state index contributed by atoms with van der Waals surface area (Å²) in [5.74, 6) is 0. The van der Waals surface area contributed by atoms with Crippen molar-refractivity contribution in [1.29, 1.82) is 0 Å². The van der Waals surface area contributed by atoms with Gasteiger partial charge in [0.15, 0.2) is 0 Å². The standard InChI is InChI=1S/C14H13Cl3N2/c1-9(10-4-6-18-7-5-10)19-8-11-12(15)2-3-13(16)14(11)17/h2-7,9,19H,8H2,1H3/t9-/m0/s1. The molecule has 2 nitrogen and oxygen atoms in total. The highest BCUT2D eigenvalue weighted by molar-refractivity contribution is 6.44. The lowest BCUT2D eigenvalue weighted by atomic mass is 10.1. The fourth-order valence-corrected chi connectivity index (χ4v) is 2.44. The van der Waals surface area contributed by atoms with Crippen LogP contribution in [0.3, 0.4) is 0 Å². The van der Waals surface area contributed by atoms with E-state index in [1.807, 2.05) is 12.1 Å². The van der Waals surface area contributed by atoms with Gasteiger partial charge in [0.1, 0.15) is 0 Å². The Morgan fingerprint density at radius 1 is 1.05 bits per heavy atom. The van der Waals surface area contributed by atoms with Gasteiger partial charge in [-0.05, 0) is 36.8 Å². The molecule has 0 aliphatic rings. The third kappa shape index (κ3) is 3.61. The Bertz CT molecular complexity index is 558. The van der Waals surface area contributed by atoms with Crippen LogP contribution < -0.4 is 5.32 Å². The van der Waals surface area contributed by atoms with Gasteiger partial charge in [0, 0.05) is 35.6 Å². The van der Waals surface area contributed by atoms with Crippen molar-refractivity contribution in [1.82, 2.24) is 10.3 Å². The van der Waals surface area contributed by atoms with Gasteiger partial charge >= 0.3 is 0 Å². The molecule has 5 heteroatoms. The summed E-state index contributed by atoms with van der Waals surface area (Å²) in [5, 5.41) is 5.00. The highest BCUT2D eigenvalue weighted by Crippen LogP contribution is 2.31. The lowest BCUT2D eigenvalue weighted by molar-refractivity contribution is 0.574. The predicted molar refractivity (Wildman–Crippen MR) is 81.0 cm³/mol. The molecular weight excluding hydrogens is 303 g/mol. The van der Waals surface area contributed by atoms with Gasteiger partial charge in [-0.15, -0.1) is 0 Å². The molecule has 0 fully saturated rings. The molecule has 0 aliphatic carbocycles. The monoisotopic (exact) mass is 314 g/mol. The van der Waals surface area contributed by atoms with E-state index >= 15 is 0 Å². The minimum atomic E-state index is 0.175. The number of nitrogens with zero attached hydrogens (tertiary/aromatic N) is 1. The van der Waals surface area contributed by atoms with Gasteiger partial charge in [-0.3, -0.25) is 4.98 Å². The molecule has 0 bridgehead atoms. The van der Waals surface area contributed by atoms with Crippen LogP contribution in [-0.4, -0.2) is 4.98 Å². The average Bonchev–Trinajstić information content (AvgIpc) is 2.44. The van der Waals surface area contributed by atoms with Crippen LogP contribution in [0.4, 0.5) is 0 Å². The Balaban J connectivity index is 2.09. The van der Waals surface area contributed by atoms with E-state index in [1.165, 1.54) is 0 Å². The number of benzene rings is 1. The second-order valence-electron chi connectivity index (χ2n) is 4.20. The maximum absolute atomic E-state index is 6.16. The van der Waals surface area contributed by atoms with Crippen LogP contribution in [0.1, 0.15) is 24.1 Å². The van der Waals surface area contributed by atoms with Gasteiger partial charge in [-0.25, -0.2) is 0 Å². The molecular formula is C14H13Cl3N2. The number of pyridine rings is 1. The maximum atomic E-state index is 6.16. The van der Waals surface area contributed by atoms with Crippen LogP contribution in [0.25, 0.3) is 0 Å². The zero-order valence-corrected chi connectivity index (χ0v) is 12.6. The molecule has 0 amide bonds. The average molecular weight is 316 g/mol. The molecule has 0 saturated carbocycles. The van der Waals surface area contributed by atoms with Gasteiger partial charge in [-0.1, -0.05) is 34.8 Å². The molecule has 1 heterocycles. The second-order valence-corrected chi connectivity index (χ2v) is 5.40. The molecule has 0 saturated heterocycles. The predicted octanol–water partition coefficient (Wildman–Crippen LogP) is 4.89. The van der Waals surface area contributed by atoms with Crippen molar-refractivity contribution in [3.8, 4) is 0 Å². The first-order valence-corrected chi connectivity index (χ1v) is 6.98. The van der Waals surface area contributed by atoms with Crippen molar-refractivity contribution in [2.45, 2.75) is 19.5 Å². The van der Waals surface area contributed by atoms with E-state index in [1.54, 1.807) is 24.5 Å². The molecule has 19 heavy (non-hydrogen) atoms. The summed E-state index contributed by atoms with van der Waals surface area (Å²) < 4.78 is 0. The third-order valence-corrected chi connectivity index (χ3v) is 4.13.